The molecule has 4 unspecified atom stereocenters. The molecule has 0 aromatic heterocycles. The fraction of sp³-hybridized carbons (Fsp3) is 0.228. The summed E-state index contributed by atoms with van der Waals surface area (Å²) in [5.41, 5.74) is 30.5. The summed E-state index contributed by atoms with van der Waals surface area (Å²) in [7, 11) is 0. The lowest BCUT2D eigenvalue weighted by Gasteiger charge is -2.23. The number of benzene rings is 15. The number of Topliss-reactive ketones (excluding diaryl/α,β-unsaturated/α-hetero) is 2. The van der Waals surface area contributed by atoms with Gasteiger partial charge >= 0.3 is 0 Å². The quantitative estimate of drug-likeness (QED) is 0.0219. The summed E-state index contributed by atoms with van der Waals surface area (Å²) in [6.45, 7) is 21.3. The van der Waals surface area contributed by atoms with Crippen molar-refractivity contribution >= 4 is 91.7 Å². The number of hydrogen-bond donors (Lipinski definition) is 4. The molecule has 139 heavy (non-hydrogen) atoms. The number of phenolic OH excluding ortho intramolecular Hbond substituents is 2. The summed E-state index contributed by atoms with van der Waals surface area (Å²) >= 11 is 15.9. The number of carbonyl (C=O) groups excluding carboxylic acids is 2. The van der Waals surface area contributed by atoms with Crippen LogP contribution >= 0.6 is 46.7 Å². The van der Waals surface area contributed by atoms with E-state index in [0.717, 1.165) is 102 Å². The van der Waals surface area contributed by atoms with Crippen molar-refractivity contribution in [1.29, 1.82) is 0 Å². The van der Waals surface area contributed by atoms with Gasteiger partial charge in [-0.15, -0.1) is 46.7 Å². The molecule has 8 nitrogen and oxygen atoms in total. The molecule has 4 heterocycles. The van der Waals surface area contributed by atoms with Gasteiger partial charge in [0, 0.05) is 43.2 Å². The number of rotatable bonds is 28. The smallest absolute Gasteiger partial charge is 0.171 e. The Kier molecular flexibility index (Phi) is 37.1. The highest BCUT2D eigenvalue weighted by atomic mass is 35.5. The second kappa shape index (κ2) is 51.3. The fourth-order valence-corrected chi connectivity index (χ4v) is 22.5. The number of piperidine rings is 2. The lowest BCUT2D eigenvalue weighted by molar-refractivity contribution is -0.904. The van der Waals surface area contributed by atoms with Crippen LogP contribution in [0.1, 0.15) is 208 Å². The number of phenols is 2. The number of hydrogen-bond acceptors (Lipinski definition) is 8. The van der Waals surface area contributed by atoms with Crippen molar-refractivity contribution in [3.8, 4) is 23.0 Å². The van der Waals surface area contributed by atoms with E-state index >= 15 is 0 Å². The van der Waals surface area contributed by atoms with Crippen LogP contribution in [0.3, 0.4) is 0 Å². The fourth-order valence-electron chi connectivity index (χ4n) is 19.1. The molecule has 4 atom stereocenters. The number of nitrogens with one attached hydrogen (secondary N) is 2. The Balaban J connectivity index is 0.000000133. The van der Waals surface area contributed by atoms with Crippen LogP contribution in [0, 0.1) is 34.6 Å². The Morgan fingerprint density at radius 2 is 0.604 bits per heavy atom. The molecular formula is C127H128Cl2N2O6S2+2. The third kappa shape index (κ3) is 27.5. The molecule has 2 fully saturated rings. The van der Waals surface area contributed by atoms with Crippen LogP contribution in [-0.4, -0.2) is 86.0 Å². The third-order valence-corrected chi connectivity index (χ3v) is 29.7. The number of alkyl halides is 2. The van der Waals surface area contributed by atoms with Gasteiger partial charge in [-0.05, 0) is 289 Å². The van der Waals surface area contributed by atoms with Crippen molar-refractivity contribution in [3.05, 3.63) is 500 Å². The van der Waals surface area contributed by atoms with E-state index in [2.05, 4.69) is 296 Å². The van der Waals surface area contributed by atoms with Gasteiger partial charge in [-0.2, -0.15) is 0 Å². The predicted octanol–water partition coefficient (Wildman–Crippen LogP) is 29.5. The van der Waals surface area contributed by atoms with Gasteiger partial charge < -0.3 is 29.5 Å². The maximum absolute atomic E-state index is 13.8. The lowest BCUT2D eigenvalue weighted by atomic mass is 9.85. The van der Waals surface area contributed by atoms with Crippen LogP contribution in [0.4, 0.5) is 0 Å². The molecule has 0 spiro atoms. The van der Waals surface area contributed by atoms with Crippen LogP contribution in [0.25, 0.3) is 33.4 Å². The molecular weight excluding hydrogens is 1780 g/mol. The summed E-state index contributed by atoms with van der Waals surface area (Å²) in [6, 6.07) is 132. The minimum Gasteiger partial charge on any atom is -0.508 e. The number of ketones is 2. The molecule has 0 aliphatic carbocycles. The van der Waals surface area contributed by atoms with Crippen molar-refractivity contribution in [3.63, 3.8) is 0 Å². The Labute approximate surface area is 842 Å². The largest absolute Gasteiger partial charge is 0.508 e. The summed E-state index contributed by atoms with van der Waals surface area (Å²) in [4.78, 5) is 33.2. The Morgan fingerprint density at radius 1 is 0.309 bits per heavy atom. The van der Waals surface area contributed by atoms with Gasteiger partial charge in [0.1, 0.15) is 49.3 Å². The standard InChI is InChI=1S/2C29H31NO2S.C23H21ClO.C23H21Cl.C23H22O/c1-21-9-11-23(12-10-21)29-27(25-7-3-4-8-26(25)33-29)28(31)22-13-15-24(16-14-22)32-20-19-30-17-5-2-6-18-30;1-21-10-15-25-26(20-21)33-29(23-8-4-2-5-9-23)27(25)28(31)22-11-13-24(14-12-22)32-19-18-30-16-6-3-7-17-30;1-17-7-9-19(10-8-17)23(20-11-13-21(25)14-12-20)22(15-16-24)18-5-3-2-4-6-18;1-18-12-14-21(15-13-18)23(20-10-6-3-7-11-20)22(16-17-24)19-8-4-2-5-9-19;1-3-22(18-7-5-4-6-8-18)23(19-11-9-17(2)10-12-19)20-13-15-21(24)16-14-20/h3-4,7-16,27,29H,2,5-6,17-20H2,1H3;2,4-5,8-15,20,27,29H,3,6-7,16-19H2,1H3;2-14,25H,15-16H2,1H3;2-15H,16-17H2,1H3;4-16,24H,3H2,1-2H3/p+2/b;;23-22+;23-22-;23-22+. The molecule has 0 bridgehead atoms. The maximum atomic E-state index is 13.8. The average molecular weight is 1910 g/mol. The zero-order valence-corrected chi connectivity index (χ0v) is 83.9. The lowest BCUT2D eigenvalue weighted by Crippen LogP contribution is -3.13. The van der Waals surface area contributed by atoms with E-state index in [-0.39, 0.29) is 39.7 Å². The maximum Gasteiger partial charge on any atom is 0.171 e. The molecule has 15 aromatic carbocycles. The molecule has 0 radical (unpaired) electrons. The molecule has 19 rings (SSSR count). The van der Waals surface area contributed by atoms with E-state index in [1.54, 1.807) is 45.8 Å². The van der Waals surface area contributed by atoms with E-state index in [4.69, 9.17) is 32.7 Å². The van der Waals surface area contributed by atoms with Crippen molar-refractivity contribution in [2.75, 3.05) is 64.2 Å². The van der Waals surface area contributed by atoms with Gasteiger partial charge in [-0.25, -0.2) is 0 Å². The SMILES string of the molecule is CC/C(=C(/c1ccc(C)cc1)c1ccc(O)cc1)c1ccccc1.Cc1ccc(/C(=C(/CCCl)c2ccccc2)c2ccc(O)cc2)cc1.Cc1ccc(/C(=C(/CCCl)c2ccccc2)c2ccccc2)cc1.Cc1ccc(C2Sc3ccccc3C2C(=O)c2ccc(OCC[NH+]3CCCCC3)cc2)cc1.Cc1ccc2c(c1)SC(c1ccccc1)C2C(=O)c1ccc(OCC[NH+]2CCCCC2)cc1. The first-order chi connectivity index (χ1) is 68.0. The Morgan fingerprint density at radius 3 is 0.986 bits per heavy atom. The Hall–Kier alpha value is -12.7. The van der Waals surface area contributed by atoms with E-state index in [9.17, 15) is 19.8 Å². The zero-order chi connectivity index (χ0) is 96.6. The average Bonchev–Trinajstić information content (AvgIpc) is 1.62. The number of likely N-dealkylation sites (tertiary alicyclic amines) is 2. The van der Waals surface area contributed by atoms with Crippen molar-refractivity contribution < 1.29 is 39.1 Å². The summed E-state index contributed by atoms with van der Waals surface area (Å²) in [5, 5.41) is 19.5. The summed E-state index contributed by atoms with van der Waals surface area (Å²) < 4.78 is 12.0. The summed E-state index contributed by atoms with van der Waals surface area (Å²) in [6.07, 6.45) is 10.6. The predicted molar refractivity (Wildman–Crippen MR) is 584 cm³/mol. The van der Waals surface area contributed by atoms with Gasteiger partial charge in [0.05, 0.1) is 38.0 Å². The molecule has 0 amide bonds. The van der Waals surface area contributed by atoms with Gasteiger partial charge in [-0.1, -0.05) is 332 Å². The second-order valence-electron chi connectivity index (χ2n) is 36.5. The highest BCUT2D eigenvalue weighted by Crippen LogP contribution is 2.57. The number of quaternary nitrogens is 2. The molecule has 706 valence electrons. The molecule has 4 N–H and O–H groups in total. The van der Waals surface area contributed by atoms with Gasteiger partial charge in [0.2, 0.25) is 0 Å². The number of carbonyl (C=O) groups is 2. The minimum atomic E-state index is -0.178. The third-order valence-electron chi connectivity index (χ3n) is 26.5. The number of aromatic hydroxyl groups is 2. The topological polar surface area (TPSA) is 102 Å². The van der Waals surface area contributed by atoms with Crippen LogP contribution in [0.2, 0.25) is 0 Å². The van der Waals surface area contributed by atoms with Gasteiger partial charge in [-0.3, -0.25) is 9.59 Å². The van der Waals surface area contributed by atoms with Crippen LogP contribution in [0.15, 0.2) is 398 Å². The highest BCUT2D eigenvalue weighted by molar-refractivity contribution is 8.00. The second-order valence-corrected chi connectivity index (χ2v) is 39.6. The number of thioether (sulfide) groups is 2. The molecule has 2 saturated heterocycles. The van der Waals surface area contributed by atoms with Crippen LogP contribution < -0.4 is 19.3 Å². The number of ether oxygens (including phenoxy) is 2. The first kappa shape index (κ1) is 101. The van der Waals surface area contributed by atoms with Crippen LogP contribution in [-0.2, 0) is 0 Å². The minimum absolute atomic E-state index is 0.0962. The number of allylic oxidation sites excluding steroid dienone is 3. The van der Waals surface area contributed by atoms with Crippen molar-refractivity contribution in [2.24, 2.45) is 0 Å². The van der Waals surface area contributed by atoms with Crippen molar-refractivity contribution in [2.45, 2.75) is 131 Å². The monoisotopic (exact) mass is 1910 g/mol. The number of aryl methyl sites for hydroxylation is 5. The first-order valence-electron chi connectivity index (χ1n) is 49.2. The number of fused-ring (bicyclic) bond motifs is 2. The number of halogens is 2. The normalized spacial score (nSPS) is 15.9. The van der Waals surface area contributed by atoms with E-state index in [0.29, 0.717) is 17.5 Å². The molecule has 12 heteroatoms. The molecule has 15 aromatic rings. The van der Waals surface area contributed by atoms with E-state index in [1.807, 2.05) is 121 Å². The van der Waals surface area contributed by atoms with Gasteiger partial charge in [0.15, 0.2) is 11.6 Å². The van der Waals surface area contributed by atoms with E-state index < -0.39 is 0 Å². The Bertz CT molecular complexity index is 6420. The molecule has 4 aliphatic rings. The zero-order valence-electron chi connectivity index (χ0n) is 80.8. The first-order valence-corrected chi connectivity index (χ1v) is 52.1. The summed E-state index contributed by atoms with van der Waals surface area (Å²) in [5.74, 6) is 3.42. The van der Waals surface area contributed by atoms with Crippen LogP contribution in [0.5, 0.6) is 23.0 Å². The van der Waals surface area contributed by atoms with Crippen molar-refractivity contribution in [1.82, 2.24) is 0 Å². The molecule has 0 saturated carbocycles. The molecule has 4 aliphatic heterocycles. The highest BCUT2D eigenvalue weighted by Gasteiger charge is 2.41. The van der Waals surface area contributed by atoms with E-state index in [1.165, 1.54) is 175 Å². The van der Waals surface area contributed by atoms with Gasteiger partial charge in [0.25, 0.3) is 0 Å².